The van der Waals surface area contributed by atoms with Crippen molar-refractivity contribution in [2.24, 2.45) is 10.2 Å². The first-order chi connectivity index (χ1) is 9.91. The molecule has 0 atom stereocenters. The maximum atomic E-state index is 8.02. The molecule has 0 N–H and O–H groups in total. The molecule has 20 heavy (non-hydrogen) atoms. The highest BCUT2D eigenvalue weighted by atomic mass is 16.6. The van der Waals surface area contributed by atoms with E-state index in [1.807, 2.05) is 0 Å². The van der Waals surface area contributed by atoms with Crippen LogP contribution in [0.5, 0.6) is 0 Å². The predicted molar refractivity (Wildman–Crippen MR) is 71.3 cm³/mol. The van der Waals surface area contributed by atoms with Crippen LogP contribution in [0.25, 0.3) is 20.9 Å². The van der Waals surface area contributed by atoms with Gasteiger partial charge in [-0.05, 0) is 11.1 Å². The molecule has 0 bridgehead atoms. The van der Waals surface area contributed by atoms with E-state index in [1.54, 1.807) is 0 Å². The van der Waals surface area contributed by atoms with Gasteiger partial charge in [-0.3, -0.25) is 0 Å². The van der Waals surface area contributed by atoms with Gasteiger partial charge in [-0.1, -0.05) is 10.2 Å². The smallest absolute Gasteiger partial charge is 0.0701 e. The van der Waals surface area contributed by atoms with Crippen LogP contribution < -0.4 is 0 Å². The van der Waals surface area contributed by atoms with Crippen molar-refractivity contribution >= 4 is 0 Å². The first-order valence-corrected chi connectivity index (χ1v) is 6.24. The standard InChI is InChI=1S/C10H20N6O4/c11-15-13-1-3-17-5-7-19-9-10-20-8-6-18-4-2-14-16-12/h1-10H2. The molecule has 0 saturated carbocycles. The fourth-order valence-electron chi connectivity index (χ4n) is 1.06. The molecule has 10 heteroatoms. The van der Waals surface area contributed by atoms with E-state index in [4.69, 9.17) is 30.0 Å². The number of hydrogen-bond acceptors (Lipinski definition) is 6. The Kier molecular flexibility index (Phi) is 16.1. The van der Waals surface area contributed by atoms with Crippen molar-refractivity contribution in [3.05, 3.63) is 20.9 Å². The summed E-state index contributed by atoms with van der Waals surface area (Å²) in [7, 11) is 0. The van der Waals surface area contributed by atoms with Gasteiger partial charge < -0.3 is 18.9 Å². The first-order valence-electron chi connectivity index (χ1n) is 6.24. The normalized spacial score (nSPS) is 9.80. The third kappa shape index (κ3) is 16.5. The lowest BCUT2D eigenvalue weighted by Gasteiger charge is -2.06. The summed E-state index contributed by atoms with van der Waals surface area (Å²) in [5.41, 5.74) is 16.0. The van der Waals surface area contributed by atoms with Crippen LogP contribution in [0, 0.1) is 0 Å². The van der Waals surface area contributed by atoms with Gasteiger partial charge in [0.15, 0.2) is 0 Å². The third-order valence-corrected chi connectivity index (χ3v) is 1.91. The summed E-state index contributed by atoms with van der Waals surface area (Å²) in [6.07, 6.45) is 0. The Morgan fingerprint density at radius 1 is 0.550 bits per heavy atom. The zero-order chi connectivity index (χ0) is 14.7. The highest BCUT2D eigenvalue weighted by molar-refractivity contribution is 4.45. The van der Waals surface area contributed by atoms with E-state index in [0.29, 0.717) is 65.9 Å². The number of rotatable bonds is 15. The second-order valence-corrected chi connectivity index (χ2v) is 3.36. The topological polar surface area (TPSA) is 134 Å². The number of ether oxygens (including phenoxy) is 4. The molecule has 0 aliphatic carbocycles. The SMILES string of the molecule is [N-]=[N+]=NCCOCCOCCOCCOCCN=[N+]=[N-]. The highest BCUT2D eigenvalue weighted by Crippen LogP contribution is 1.84. The summed E-state index contributed by atoms with van der Waals surface area (Å²) in [4.78, 5) is 5.21. The summed E-state index contributed by atoms with van der Waals surface area (Å²) in [5, 5.41) is 6.66. The molecular formula is C10H20N6O4. The largest absolute Gasteiger partial charge is 0.379 e. The molecule has 0 radical (unpaired) electrons. The molecule has 0 aliphatic heterocycles. The maximum absolute atomic E-state index is 8.02. The van der Waals surface area contributed by atoms with E-state index < -0.39 is 0 Å². The van der Waals surface area contributed by atoms with Gasteiger partial charge in [0.2, 0.25) is 0 Å². The molecule has 0 spiro atoms. The Bertz CT molecular complexity index is 274. The van der Waals surface area contributed by atoms with E-state index in [2.05, 4.69) is 20.1 Å². The van der Waals surface area contributed by atoms with E-state index in [0.717, 1.165) is 0 Å². The third-order valence-electron chi connectivity index (χ3n) is 1.91. The Labute approximate surface area is 117 Å². The summed E-state index contributed by atoms with van der Waals surface area (Å²) < 4.78 is 20.8. The van der Waals surface area contributed by atoms with Gasteiger partial charge in [0, 0.05) is 22.9 Å². The number of azide groups is 2. The fraction of sp³-hybridized carbons (Fsp3) is 1.00. The Morgan fingerprint density at radius 3 is 1.15 bits per heavy atom. The highest BCUT2D eigenvalue weighted by Gasteiger charge is 1.92. The average molecular weight is 288 g/mol. The molecule has 0 aromatic carbocycles. The van der Waals surface area contributed by atoms with Crippen molar-refractivity contribution in [2.45, 2.75) is 0 Å². The Hall–Kier alpha value is -1.54. The van der Waals surface area contributed by atoms with Gasteiger partial charge in [-0.25, -0.2) is 0 Å². The van der Waals surface area contributed by atoms with Gasteiger partial charge in [0.1, 0.15) is 0 Å². The van der Waals surface area contributed by atoms with Crippen molar-refractivity contribution in [1.82, 2.24) is 0 Å². The van der Waals surface area contributed by atoms with Gasteiger partial charge >= 0.3 is 0 Å². The molecule has 0 heterocycles. The van der Waals surface area contributed by atoms with Crippen LogP contribution >= 0.6 is 0 Å². The molecule has 10 nitrogen and oxygen atoms in total. The van der Waals surface area contributed by atoms with E-state index in [9.17, 15) is 0 Å². The van der Waals surface area contributed by atoms with Crippen LogP contribution in [-0.2, 0) is 18.9 Å². The van der Waals surface area contributed by atoms with Crippen molar-refractivity contribution in [2.75, 3.05) is 65.9 Å². The van der Waals surface area contributed by atoms with Crippen LogP contribution in [0.4, 0.5) is 0 Å². The quantitative estimate of drug-likeness (QED) is 0.196. The predicted octanol–water partition coefficient (Wildman–Crippen LogP) is 1.67. The van der Waals surface area contributed by atoms with Gasteiger partial charge in [-0.15, -0.1) is 0 Å². The van der Waals surface area contributed by atoms with Crippen LogP contribution in [0.15, 0.2) is 10.2 Å². The molecule has 0 unspecified atom stereocenters. The van der Waals surface area contributed by atoms with Crippen LogP contribution in [0.1, 0.15) is 0 Å². The minimum Gasteiger partial charge on any atom is -0.379 e. The van der Waals surface area contributed by atoms with E-state index >= 15 is 0 Å². The second kappa shape index (κ2) is 17.5. The summed E-state index contributed by atoms with van der Waals surface area (Å²) in [5.74, 6) is 0. The monoisotopic (exact) mass is 288 g/mol. The molecule has 0 aliphatic rings. The molecule has 0 rings (SSSR count). The molecule has 114 valence electrons. The number of nitrogens with zero attached hydrogens (tertiary/aromatic N) is 6. The summed E-state index contributed by atoms with van der Waals surface area (Å²) in [6, 6.07) is 0. The van der Waals surface area contributed by atoms with Crippen LogP contribution in [0.2, 0.25) is 0 Å². The first kappa shape index (κ1) is 18.5. The van der Waals surface area contributed by atoms with Crippen LogP contribution in [0.3, 0.4) is 0 Å². The van der Waals surface area contributed by atoms with Gasteiger partial charge in [0.05, 0.1) is 52.9 Å². The van der Waals surface area contributed by atoms with Gasteiger partial charge in [-0.2, -0.15) is 0 Å². The van der Waals surface area contributed by atoms with Crippen LogP contribution in [-0.4, -0.2) is 65.9 Å². The molecule has 0 amide bonds. The molecular weight excluding hydrogens is 268 g/mol. The molecule has 0 fully saturated rings. The minimum atomic E-state index is 0.333. The lowest BCUT2D eigenvalue weighted by Crippen LogP contribution is -2.12. The maximum Gasteiger partial charge on any atom is 0.0701 e. The van der Waals surface area contributed by atoms with E-state index in [1.165, 1.54) is 0 Å². The van der Waals surface area contributed by atoms with Crippen molar-refractivity contribution in [1.29, 1.82) is 0 Å². The number of hydrogen-bond donors (Lipinski definition) is 0. The molecule has 0 aromatic rings. The fourth-order valence-corrected chi connectivity index (χ4v) is 1.06. The summed E-state index contributed by atoms with van der Waals surface area (Å²) in [6.45, 7) is 4.31. The van der Waals surface area contributed by atoms with Crippen molar-refractivity contribution < 1.29 is 18.9 Å². The molecule has 0 saturated heterocycles. The average Bonchev–Trinajstić information content (AvgIpc) is 2.47. The summed E-state index contributed by atoms with van der Waals surface area (Å²) >= 11 is 0. The van der Waals surface area contributed by atoms with Gasteiger partial charge in [0.25, 0.3) is 0 Å². The second-order valence-electron chi connectivity index (χ2n) is 3.36. The van der Waals surface area contributed by atoms with Crippen molar-refractivity contribution in [3.8, 4) is 0 Å². The Balaban J connectivity index is 2.99. The molecule has 0 aromatic heterocycles. The Morgan fingerprint density at radius 2 is 0.850 bits per heavy atom. The zero-order valence-electron chi connectivity index (χ0n) is 11.4. The van der Waals surface area contributed by atoms with E-state index in [-0.39, 0.29) is 0 Å². The van der Waals surface area contributed by atoms with Crippen molar-refractivity contribution in [3.63, 3.8) is 0 Å². The lowest BCUT2D eigenvalue weighted by atomic mass is 10.6. The zero-order valence-corrected chi connectivity index (χ0v) is 11.4. The minimum absolute atomic E-state index is 0.333. The lowest BCUT2D eigenvalue weighted by molar-refractivity contribution is -0.000140.